The number of hydrogen-bond donors (Lipinski definition) is 2. The summed E-state index contributed by atoms with van der Waals surface area (Å²) in [6.45, 7) is 4.53. The lowest BCUT2D eigenvalue weighted by Gasteiger charge is -2.10. The fraction of sp³-hybridized carbons (Fsp3) is 0.600. The van der Waals surface area contributed by atoms with Crippen LogP contribution in [0.25, 0.3) is 0 Å². The van der Waals surface area contributed by atoms with E-state index in [9.17, 15) is 5.11 Å². The number of ether oxygens (including phenoxy) is 1. The molecule has 0 fully saturated rings. The Kier molecular flexibility index (Phi) is 5.02. The second kappa shape index (κ2) is 6.76. The number of benzene rings is 1. The predicted molar refractivity (Wildman–Crippen MR) is 73.1 cm³/mol. The van der Waals surface area contributed by atoms with E-state index in [0.717, 1.165) is 44.6 Å². The topological polar surface area (TPSA) is 41.5 Å². The Hall–Kier alpha value is -1.06. The van der Waals surface area contributed by atoms with Gasteiger partial charge in [-0.1, -0.05) is 25.5 Å². The molecular weight excluding hydrogens is 226 g/mol. The molecule has 2 N–H and O–H groups in total. The van der Waals surface area contributed by atoms with Gasteiger partial charge in [0.25, 0.3) is 0 Å². The summed E-state index contributed by atoms with van der Waals surface area (Å²) in [5, 5.41) is 12.9. The van der Waals surface area contributed by atoms with E-state index < -0.39 is 0 Å². The summed E-state index contributed by atoms with van der Waals surface area (Å²) in [7, 11) is 0. The van der Waals surface area contributed by atoms with Gasteiger partial charge >= 0.3 is 0 Å². The second-order valence-electron chi connectivity index (χ2n) is 4.94. The zero-order valence-corrected chi connectivity index (χ0v) is 11.1. The molecule has 1 aliphatic heterocycles. The molecule has 0 spiro atoms. The quantitative estimate of drug-likeness (QED) is 0.725. The van der Waals surface area contributed by atoms with Crippen molar-refractivity contribution in [1.82, 2.24) is 5.32 Å². The van der Waals surface area contributed by atoms with Crippen LogP contribution in [0.4, 0.5) is 0 Å². The summed E-state index contributed by atoms with van der Waals surface area (Å²) in [4.78, 5) is 0. The van der Waals surface area contributed by atoms with Crippen LogP contribution in [0.1, 0.15) is 30.9 Å². The average molecular weight is 249 g/mol. The van der Waals surface area contributed by atoms with Crippen LogP contribution in [0.15, 0.2) is 18.2 Å². The first-order valence-electron chi connectivity index (χ1n) is 6.93. The van der Waals surface area contributed by atoms with Crippen LogP contribution < -0.4 is 10.1 Å². The Labute approximate surface area is 109 Å². The molecule has 0 aromatic heterocycles. The molecule has 2 rings (SSSR count). The van der Waals surface area contributed by atoms with Crippen molar-refractivity contribution in [3.63, 3.8) is 0 Å². The van der Waals surface area contributed by atoms with Gasteiger partial charge in [-0.3, -0.25) is 0 Å². The molecule has 0 amide bonds. The number of aliphatic hydroxyl groups is 1. The molecule has 18 heavy (non-hydrogen) atoms. The molecule has 1 aliphatic rings. The highest BCUT2D eigenvalue weighted by Gasteiger charge is 2.11. The molecule has 0 bridgehead atoms. The summed E-state index contributed by atoms with van der Waals surface area (Å²) in [5.74, 6) is 1.05. The molecular formula is C15H23NO2. The molecule has 3 heteroatoms. The van der Waals surface area contributed by atoms with Gasteiger partial charge in [0.2, 0.25) is 0 Å². The average Bonchev–Trinajstić information content (AvgIpc) is 2.82. The van der Waals surface area contributed by atoms with Crippen molar-refractivity contribution < 1.29 is 9.84 Å². The van der Waals surface area contributed by atoms with Crippen molar-refractivity contribution in [2.45, 2.75) is 38.7 Å². The van der Waals surface area contributed by atoms with E-state index in [1.807, 2.05) is 0 Å². The zero-order valence-electron chi connectivity index (χ0n) is 11.1. The highest BCUT2D eigenvalue weighted by molar-refractivity contribution is 5.39. The lowest BCUT2D eigenvalue weighted by atomic mass is 10.1. The number of hydrogen-bond acceptors (Lipinski definition) is 3. The van der Waals surface area contributed by atoms with Gasteiger partial charge in [0.1, 0.15) is 5.75 Å². The zero-order chi connectivity index (χ0) is 12.8. The minimum Gasteiger partial charge on any atom is -0.493 e. The molecule has 0 saturated carbocycles. The van der Waals surface area contributed by atoms with Gasteiger partial charge in [-0.15, -0.1) is 0 Å². The summed E-state index contributed by atoms with van der Waals surface area (Å²) in [6.07, 6.45) is 3.75. The Morgan fingerprint density at radius 3 is 3.17 bits per heavy atom. The smallest absolute Gasteiger partial charge is 0.122 e. The molecule has 1 aromatic rings. The highest BCUT2D eigenvalue weighted by atomic mass is 16.5. The maximum absolute atomic E-state index is 9.59. The van der Waals surface area contributed by atoms with Gasteiger partial charge in [-0.2, -0.15) is 0 Å². The molecule has 0 radical (unpaired) electrons. The van der Waals surface area contributed by atoms with Crippen LogP contribution in [0.5, 0.6) is 5.75 Å². The van der Waals surface area contributed by atoms with Crippen molar-refractivity contribution in [1.29, 1.82) is 0 Å². The first-order valence-corrected chi connectivity index (χ1v) is 6.93. The monoisotopic (exact) mass is 249 g/mol. The van der Waals surface area contributed by atoms with E-state index in [0.29, 0.717) is 6.54 Å². The standard InChI is InChI=1S/C15H23NO2/c1-2-3-14(17)11-16-8-6-12-4-5-15-13(10-12)7-9-18-15/h4-5,10,14,16-17H,2-3,6-9,11H2,1H3. The maximum atomic E-state index is 9.59. The molecule has 1 heterocycles. The first-order chi connectivity index (χ1) is 8.79. The van der Waals surface area contributed by atoms with E-state index >= 15 is 0 Å². The minimum absolute atomic E-state index is 0.205. The van der Waals surface area contributed by atoms with Gasteiger partial charge < -0.3 is 15.2 Å². The van der Waals surface area contributed by atoms with E-state index in [1.165, 1.54) is 11.1 Å². The van der Waals surface area contributed by atoms with Crippen molar-refractivity contribution in [2.24, 2.45) is 0 Å². The third-order valence-corrected chi connectivity index (χ3v) is 3.35. The van der Waals surface area contributed by atoms with E-state index in [-0.39, 0.29) is 6.10 Å². The summed E-state index contributed by atoms with van der Waals surface area (Å²) < 4.78 is 5.49. The van der Waals surface area contributed by atoms with Gasteiger partial charge in [0.05, 0.1) is 12.7 Å². The fourth-order valence-corrected chi connectivity index (χ4v) is 2.33. The summed E-state index contributed by atoms with van der Waals surface area (Å²) in [5.41, 5.74) is 2.68. The summed E-state index contributed by atoms with van der Waals surface area (Å²) >= 11 is 0. The fourth-order valence-electron chi connectivity index (χ4n) is 2.33. The van der Waals surface area contributed by atoms with Crippen LogP contribution in [-0.4, -0.2) is 30.9 Å². The van der Waals surface area contributed by atoms with Crippen LogP contribution >= 0.6 is 0 Å². The number of aliphatic hydroxyl groups excluding tert-OH is 1. The van der Waals surface area contributed by atoms with Crippen molar-refractivity contribution >= 4 is 0 Å². The minimum atomic E-state index is -0.205. The van der Waals surface area contributed by atoms with Crippen LogP contribution in [0.2, 0.25) is 0 Å². The van der Waals surface area contributed by atoms with Gasteiger partial charge in [-0.25, -0.2) is 0 Å². The SMILES string of the molecule is CCCC(O)CNCCc1ccc2c(c1)CCO2. The lowest BCUT2D eigenvalue weighted by Crippen LogP contribution is -2.28. The lowest BCUT2D eigenvalue weighted by molar-refractivity contribution is 0.161. The number of fused-ring (bicyclic) bond motifs is 1. The molecule has 3 nitrogen and oxygen atoms in total. The largest absolute Gasteiger partial charge is 0.493 e. The van der Waals surface area contributed by atoms with Gasteiger partial charge in [0, 0.05) is 13.0 Å². The normalized spacial score (nSPS) is 15.2. The molecule has 100 valence electrons. The Bertz CT molecular complexity index is 379. The number of nitrogens with one attached hydrogen (secondary N) is 1. The Balaban J connectivity index is 1.70. The van der Waals surface area contributed by atoms with E-state index in [1.54, 1.807) is 0 Å². The first kappa shape index (κ1) is 13.4. The van der Waals surface area contributed by atoms with Gasteiger partial charge in [0.15, 0.2) is 0 Å². The third kappa shape index (κ3) is 3.72. The van der Waals surface area contributed by atoms with Crippen LogP contribution in [-0.2, 0) is 12.8 Å². The van der Waals surface area contributed by atoms with E-state index in [4.69, 9.17) is 4.74 Å². The maximum Gasteiger partial charge on any atom is 0.122 e. The highest BCUT2D eigenvalue weighted by Crippen LogP contribution is 2.25. The summed E-state index contributed by atoms with van der Waals surface area (Å²) in [6, 6.07) is 6.45. The molecule has 0 saturated heterocycles. The molecule has 0 aliphatic carbocycles. The molecule has 1 aromatic carbocycles. The number of rotatable bonds is 7. The van der Waals surface area contributed by atoms with Crippen molar-refractivity contribution in [3.05, 3.63) is 29.3 Å². The predicted octanol–water partition coefficient (Wildman–Crippen LogP) is 1.91. The van der Waals surface area contributed by atoms with Crippen molar-refractivity contribution in [3.8, 4) is 5.75 Å². The van der Waals surface area contributed by atoms with Crippen molar-refractivity contribution in [2.75, 3.05) is 19.7 Å². The van der Waals surface area contributed by atoms with Crippen LogP contribution in [0.3, 0.4) is 0 Å². The third-order valence-electron chi connectivity index (χ3n) is 3.35. The van der Waals surface area contributed by atoms with E-state index in [2.05, 4.69) is 30.4 Å². The second-order valence-corrected chi connectivity index (χ2v) is 4.94. The molecule has 1 atom stereocenters. The molecule has 1 unspecified atom stereocenters. The van der Waals surface area contributed by atoms with Gasteiger partial charge in [-0.05, 0) is 36.6 Å². The van der Waals surface area contributed by atoms with Crippen LogP contribution in [0, 0.1) is 0 Å². The Morgan fingerprint density at radius 2 is 2.33 bits per heavy atom. The Morgan fingerprint density at radius 1 is 1.44 bits per heavy atom.